The van der Waals surface area contributed by atoms with Crippen LogP contribution in [0.15, 0.2) is 24.6 Å². The molecule has 0 fully saturated rings. The number of unbranched alkanes of at least 4 members (excludes halogenated alkanes) is 7. The highest BCUT2D eigenvalue weighted by molar-refractivity contribution is 7.84. The Morgan fingerprint density at radius 2 is 1.30 bits per heavy atom. The van der Waals surface area contributed by atoms with Gasteiger partial charge in [-0.15, -0.1) is 0 Å². The number of nitrogens with one attached hydrogen (secondary N) is 1. The highest BCUT2D eigenvalue weighted by Crippen LogP contribution is 2.07. The maximum atomic E-state index is 9.08. The lowest BCUT2D eigenvalue weighted by Gasteiger charge is -2.06. The second-order valence-electron chi connectivity index (χ2n) is 5.22. The minimum atomic E-state index is -3.92. The van der Waals surface area contributed by atoms with Crippen molar-refractivity contribution in [1.82, 2.24) is 0 Å². The van der Waals surface area contributed by atoms with Crippen LogP contribution in [0.2, 0.25) is 0 Å². The maximum Gasteiger partial charge on any atom is 0.0990 e. The van der Waals surface area contributed by atoms with Crippen molar-refractivity contribution in [3.05, 3.63) is 24.6 Å². The fourth-order valence-electron chi connectivity index (χ4n) is 2.04. The Morgan fingerprint density at radius 1 is 0.900 bits per heavy atom. The summed E-state index contributed by atoms with van der Waals surface area (Å²) in [4.78, 5) is 1.51. The molecule has 0 saturated heterocycles. The fourth-order valence-corrected chi connectivity index (χ4v) is 2.04. The number of hydrogen-bond acceptors (Lipinski definition) is 3. The van der Waals surface area contributed by atoms with Gasteiger partial charge < -0.3 is 4.55 Å². The Morgan fingerprint density at radius 3 is 1.75 bits per heavy atom. The van der Waals surface area contributed by atoms with Crippen molar-refractivity contribution < 1.29 is 17.9 Å². The topological polar surface area (TPSA) is 61.6 Å². The fraction of sp³-hybridized carbons (Fsp3) is 0.733. The first-order chi connectivity index (χ1) is 9.43. The standard InChI is InChI=1S/C14H25N.CH4O3S/c1-2-3-4-5-6-7-8-9-12-15-13-10-11-14-15;1-5(2,3)4/h10-11,13-14H,2-9,12H2,1H3;1H3,(H,2,3,4). The zero-order chi connectivity index (χ0) is 15.3. The summed E-state index contributed by atoms with van der Waals surface area (Å²) < 4.78 is 27.2. The van der Waals surface area contributed by atoms with Crippen LogP contribution in [-0.4, -0.2) is 25.8 Å². The zero-order valence-electron chi connectivity index (χ0n) is 12.8. The first-order valence-electron chi connectivity index (χ1n) is 7.55. The average molecular weight is 303 g/mol. The molecule has 1 N–H and O–H groups in total. The van der Waals surface area contributed by atoms with Crippen molar-refractivity contribution in [2.24, 2.45) is 0 Å². The van der Waals surface area contributed by atoms with Gasteiger partial charge in [-0.05, 0) is 25.0 Å². The second kappa shape index (κ2) is 12.1. The summed E-state index contributed by atoms with van der Waals surface area (Å²) in [5.74, 6) is 0. The van der Waals surface area contributed by atoms with Crippen molar-refractivity contribution >= 4 is 10.1 Å². The number of quaternary nitrogens is 1. The van der Waals surface area contributed by atoms with E-state index in [2.05, 4.69) is 31.5 Å². The lowest BCUT2D eigenvalue weighted by Crippen LogP contribution is -3.01. The number of allylic oxidation sites excluding steroid dienone is 2. The zero-order valence-corrected chi connectivity index (χ0v) is 13.6. The third-order valence-corrected chi connectivity index (χ3v) is 3.05. The molecule has 0 unspecified atom stereocenters. The van der Waals surface area contributed by atoms with Crippen LogP contribution in [-0.2, 0) is 10.1 Å². The molecule has 0 aromatic heterocycles. The molecule has 0 atom stereocenters. The van der Waals surface area contributed by atoms with Crippen molar-refractivity contribution in [3.8, 4) is 0 Å². The molecule has 0 bridgehead atoms. The number of rotatable bonds is 9. The molecule has 5 heteroatoms. The van der Waals surface area contributed by atoms with E-state index in [1.807, 2.05) is 0 Å². The molecule has 0 saturated carbocycles. The van der Waals surface area contributed by atoms with Gasteiger partial charge in [0.2, 0.25) is 0 Å². The second-order valence-corrected chi connectivity index (χ2v) is 6.63. The van der Waals surface area contributed by atoms with Gasteiger partial charge in [-0.2, -0.15) is 0 Å². The highest BCUT2D eigenvalue weighted by atomic mass is 32.2. The van der Waals surface area contributed by atoms with Crippen LogP contribution in [0.4, 0.5) is 0 Å². The molecule has 0 aromatic carbocycles. The van der Waals surface area contributed by atoms with Gasteiger partial charge in [-0.3, -0.25) is 4.90 Å². The maximum absolute atomic E-state index is 9.08. The molecule has 1 heterocycles. The summed E-state index contributed by atoms with van der Waals surface area (Å²) in [7, 11) is -3.92. The van der Waals surface area contributed by atoms with Gasteiger partial charge >= 0.3 is 0 Å². The Hall–Kier alpha value is -0.650. The minimum Gasteiger partial charge on any atom is -0.748 e. The lowest BCUT2D eigenvalue weighted by atomic mass is 10.1. The Bertz CT molecular complexity index is 355. The number of hydrogen-bond donors (Lipinski definition) is 1. The molecular weight excluding hydrogens is 274 g/mol. The van der Waals surface area contributed by atoms with Crippen molar-refractivity contribution in [2.45, 2.75) is 58.3 Å². The Kier molecular flexibility index (Phi) is 11.7. The molecule has 0 aliphatic carbocycles. The predicted octanol–water partition coefficient (Wildman–Crippen LogP) is 2.21. The van der Waals surface area contributed by atoms with Crippen LogP contribution in [0, 0.1) is 0 Å². The largest absolute Gasteiger partial charge is 0.748 e. The van der Waals surface area contributed by atoms with Gasteiger partial charge in [-0.1, -0.05) is 45.4 Å². The van der Waals surface area contributed by atoms with Crippen LogP contribution in [0.1, 0.15) is 58.3 Å². The SMILES string of the molecule is CCCCCCCCCC[NH+]1C=CC=C1.CS(=O)(=O)[O-]. The van der Waals surface area contributed by atoms with Crippen LogP contribution in [0.5, 0.6) is 0 Å². The summed E-state index contributed by atoms with van der Waals surface area (Å²) in [5, 5.41) is 0. The molecule has 0 aromatic rings. The summed E-state index contributed by atoms with van der Waals surface area (Å²) in [5.41, 5.74) is 0. The van der Waals surface area contributed by atoms with Gasteiger partial charge in [0.05, 0.1) is 29.1 Å². The van der Waals surface area contributed by atoms with E-state index in [1.165, 1.54) is 62.8 Å². The van der Waals surface area contributed by atoms with E-state index in [0.717, 1.165) is 0 Å². The average Bonchev–Trinajstić information content (AvgIpc) is 2.83. The molecule has 1 rings (SSSR count). The van der Waals surface area contributed by atoms with E-state index in [0.29, 0.717) is 6.26 Å². The molecule has 118 valence electrons. The molecule has 1 aliphatic rings. The van der Waals surface area contributed by atoms with Crippen molar-refractivity contribution in [1.29, 1.82) is 0 Å². The third kappa shape index (κ3) is 17.4. The summed E-state index contributed by atoms with van der Waals surface area (Å²) >= 11 is 0. The summed E-state index contributed by atoms with van der Waals surface area (Å²) in [6.45, 7) is 3.56. The molecule has 4 nitrogen and oxygen atoms in total. The van der Waals surface area contributed by atoms with Crippen molar-refractivity contribution in [2.75, 3.05) is 12.8 Å². The van der Waals surface area contributed by atoms with E-state index in [4.69, 9.17) is 13.0 Å². The first kappa shape index (κ1) is 19.4. The van der Waals surface area contributed by atoms with Crippen LogP contribution < -0.4 is 4.90 Å². The lowest BCUT2D eigenvalue weighted by molar-refractivity contribution is -0.787. The third-order valence-electron chi connectivity index (χ3n) is 3.05. The Labute approximate surface area is 124 Å². The molecule has 0 radical (unpaired) electrons. The minimum absolute atomic E-state index is 0.604. The monoisotopic (exact) mass is 303 g/mol. The molecule has 20 heavy (non-hydrogen) atoms. The predicted molar refractivity (Wildman–Crippen MR) is 82.3 cm³/mol. The first-order valence-corrected chi connectivity index (χ1v) is 9.36. The normalized spacial score (nSPS) is 14.3. The highest BCUT2D eigenvalue weighted by Gasteiger charge is 2.02. The molecule has 1 aliphatic heterocycles. The van der Waals surface area contributed by atoms with Gasteiger partial charge in [0.1, 0.15) is 0 Å². The van der Waals surface area contributed by atoms with Crippen LogP contribution in [0.3, 0.4) is 0 Å². The van der Waals surface area contributed by atoms with Gasteiger partial charge in [0, 0.05) is 6.26 Å². The summed E-state index contributed by atoms with van der Waals surface area (Å²) in [6.07, 6.45) is 20.7. The van der Waals surface area contributed by atoms with Crippen LogP contribution >= 0.6 is 0 Å². The van der Waals surface area contributed by atoms with E-state index in [9.17, 15) is 0 Å². The van der Waals surface area contributed by atoms with E-state index in [1.54, 1.807) is 0 Å². The molecule has 0 spiro atoms. The van der Waals surface area contributed by atoms with Crippen LogP contribution in [0.25, 0.3) is 0 Å². The molecular formula is C15H29NO3S. The van der Waals surface area contributed by atoms with Gasteiger partial charge in [0.25, 0.3) is 0 Å². The molecule has 0 amide bonds. The van der Waals surface area contributed by atoms with Crippen molar-refractivity contribution in [3.63, 3.8) is 0 Å². The smallest absolute Gasteiger partial charge is 0.0990 e. The van der Waals surface area contributed by atoms with E-state index in [-0.39, 0.29) is 0 Å². The van der Waals surface area contributed by atoms with Gasteiger partial charge in [0.15, 0.2) is 0 Å². The Balaban J connectivity index is 0.000000621. The van der Waals surface area contributed by atoms with Gasteiger partial charge in [-0.25, -0.2) is 8.42 Å². The van der Waals surface area contributed by atoms with E-state index < -0.39 is 10.1 Å². The van der Waals surface area contributed by atoms with E-state index >= 15 is 0 Å². The quantitative estimate of drug-likeness (QED) is 0.525. The summed E-state index contributed by atoms with van der Waals surface area (Å²) in [6, 6.07) is 0.